The Bertz CT molecular complexity index is 916. The number of esters is 1. The molecule has 0 fully saturated rings. The zero-order chi connectivity index (χ0) is 19.9. The van der Waals surface area contributed by atoms with Gasteiger partial charge in [0.15, 0.2) is 0 Å². The van der Waals surface area contributed by atoms with Crippen molar-refractivity contribution in [3.63, 3.8) is 0 Å². The van der Waals surface area contributed by atoms with Crippen LogP contribution in [0.25, 0.3) is 0 Å². The average molecular weight is 481 g/mol. The van der Waals surface area contributed by atoms with E-state index in [1.165, 1.54) is 34.2 Å². The molecule has 1 heterocycles. The fourth-order valence-electron chi connectivity index (χ4n) is 3.17. The van der Waals surface area contributed by atoms with Crippen LogP contribution >= 0.6 is 0 Å². The molecule has 0 bridgehead atoms. The molecule has 0 saturated heterocycles. The molecule has 0 amide bonds. The fraction of sp³-hybridized carbons (Fsp3) is 0.217. The normalized spacial score (nSPS) is 20.5. The molecular formula is C23H22O4Sn. The quantitative estimate of drug-likeness (QED) is 0.365. The van der Waals surface area contributed by atoms with Crippen molar-refractivity contribution >= 4 is 31.5 Å². The van der Waals surface area contributed by atoms with Gasteiger partial charge in [-0.3, -0.25) is 0 Å². The number of allylic oxidation sites excluding steroid dienone is 3. The summed E-state index contributed by atoms with van der Waals surface area (Å²) in [6.07, 6.45) is 10.8. The van der Waals surface area contributed by atoms with Crippen molar-refractivity contribution < 1.29 is 19.7 Å². The zero-order valence-corrected chi connectivity index (χ0v) is 18.3. The first-order valence-corrected chi connectivity index (χ1v) is 10.7. The van der Waals surface area contributed by atoms with Crippen molar-refractivity contribution in [3.05, 3.63) is 83.5 Å². The summed E-state index contributed by atoms with van der Waals surface area (Å²) in [5.41, 5.74) is 1.59. The van der Waals surface area contributed by atoms with Gasteiger partial charge in [-0.2, -0.15) is 0 Å². The number of rotatable bonds is 1. The molecular weight excluding hydrogens is 459 g/mol. The van der Waals surface area contributed by atoms with Gasteiger partial charge in [-0.05, 0) is 0 Å². The van der Waals surface area contributed by atoms with Crippen LogP contribution in [0.1, 0.15) is 46.9 Å². The number of phenols is 2. The predicted octanol–water partition coefficient (Wildman–Crippen LogP) is 4.18. The van der Waals surface area contributed by atoms with Crippen LogP contribution in [-0.2, 0) is 11.2 Å². The summed E-state index contributed by atoms with van der Waals surface area (Å²) in [6, 6.07) is 12.3. The average Bonchev–Trinajstić information content (AvgIpc) is 2.65. The molecule has 1 aliphatic heterocycles. The van der Waals surface area contributed by atoms with Crippen LogP contribution in [0, 0.1) is 0 Å². The van der Waals surface area contributed by atoms with Gasteiger partial charge in [0.25, 0.3) is 0 Å². The van der Waals surface area contributed by atoms with Crippen molar-refractivity contribution in [2.75, 3.05) is 0 Å². The standard InChI is InChI=1S/C23H22O4.Sn/c24-19-15-18-13-7-4-2-1-3-5-10-14-21(17-11-8-6-9-12-17)27-23(26)22(18)20(25)16-19;/h2,4-6,8-12,15-16,21,24-25H,1,3,13-14H2;/b4-2+,10-5+;/t21-;/m0./s1. The van der Waals surface area contributed by atoms with Gasteiger partial charge in [0, 0.05) is 0 Å². The van der Waals surface area contributed by atoms with E-state index >= 15 is 0 Å². The van der Waals surface area contributed by atoms with Crippen LogP contribution in [0.5, 0.6) is 11.5 Å². The number of carbonyl (C=O) groups excluding carboxylic acids is 1. The van der Waals surface area contributed by atoms with E-state index in [1.807, 2.05) is 36.4 Å². The van der Waals surface area contributed by atoms with Gasteiger partial charge in [0.2, 0.25) is 0 Å². The molecule has 2 aromatic rings. The Morgan fingerprint density at radius 2 is 1.75 bits per heavy atom. The van der Waals surface area contributed by atoms with E-state index in [1.54, 1.807) is 0 Å². The molecule has 0 aromatic heterocycles. The first-order valence-electron chi connectivity index (χ1n) is 9.24. The van der Waals surface area contributed by atoms with Crippen LogP contribution in [0.2, 0.25) is 0 Å². The minimum atomic E-state index is -0.584. The van der Waals surface area contributed by atoms with Crippen molar-refractivity contribution in [2.45, 2.75) is 31.8 Å². The summed E-state index contributed by atoms with van der Waals surface area (Å²) >= 11 is 1.22. The van der Waals surface area contributed by atoms with Gasteiger partial charge >= 0.3 is 178 Å². The first kappa shape index (κ1) is 20.4. The molecule has 0 unspecified atom stereocenters. The van der Waals surface area contributed by atoms with Crippen molar-refractivity contribution in [2.24, 2.45) is 0 Å². The summed E-state index contributed by atoms with van der Waals surface area (Å²) in [4.78, 5) is 13.0. The number of hydrogen-bond donors (Lipinski definition) is 2. The molecule has 0 spiro atoms. The first-order chi connectivity index (χ1) is 13.5. The Kier molecular flexibility index (Phi) is 7.09. The Morgan fingerprint density at radius 3 is 2.54 bits per heavy atom. The van der Waals surface area contributed by atoms with Crippen LogP contribution in [0.4, 0.5) is 0 Å². The third-order valence-electron chi connectivity index (χ3n) is 4.53. The fourth-order valence-corrected chi connectivity index (χ4v) is 4.05. The number of carbonyl (C=O) groups is 1. The van der Waals surface area contributed by atoms with Crippen molar-refractivity contribution in [3.8, 4) is 11.5 Å². The maximum atomic E-state index is 13.0. The number of cyclic esters (lactones) is 1. The number of fused-ring (bicyclic) bond motifs is 1. The van der Waals surface area contributed by atoms with Gasteiger partial charge in [-0.25, -0.2) is 0 Å². The molecule has 1 atom stereocenters. The molecule has 5 heteroatoms. The maximum absolute atomic E-state index is 13.0. The second kappa shape index (κ2) is 9.73. The minimum absolute atomic E-state index is 0.0692. The number of aromatic hydroxyl groups is 2. The van der Waals surface area contributed by atoms with Crippen LogP contribution < -0.4 is 0 Å². The Morgan fingerprint density at radius 1 is 1.00 bits per heavy atom. The van der Waals surface area contributed by atoms with E-state index in [9.17, 15) is 15.0 Å². The molecule has 4 nitrogen and oxygen atoms in total. The topological polar surface area (TPSA) is 66.8 Å². The van der Waals surface area contributed by atoms with Gasteiger partial charge in [0.05, 0.1) is 0 Å². The molecule has 1 aliphatic rings. The SMILES string of the molecule is O=C1O[C@H](c2ccccc2)C/C=C/CC/C=C/[C](=[Sn])Cc2cc(O)cc(O)c21. The molecule has 142 valence electrons. The van der Waals surface area contributed by atoms with E-state index in [2.05, 4.69) is 18.2 Å². The van der Waals surface area contributed by atoms with Crippen molar-refractivity contribution in [1.82, 2.24) is 0 Å². The van der Waals surface area contributed by atoms with Crippen LogP contribution in [-0.4, -0.2) is 41.8 Å². The molecule has 3 rings (SSSR count). The molecule has 2 aromatic carbocycles. The number of hydrogen-bond acceptors (Lipinski definition) is 4. The van der Waals surface area contributed by atoms with Gasteiger partial charge in [-0.1, -0.05) is 0 Å². The van der Waals surface area contributed by atoms with E-state index < -0.39 is 12.1 Å². The second-order valence-electron chi connectivity index (χ2n) is 6.69. The van der Waals surface area contributed by atoms with Gasteiger partial charge in [-0.15, -0.1) is 0 Å². The zero-order valence-electron chi connectivity index (χ0n) is 15.5. The number of benzene rings is 2. The Hall–Kier alpha value is -2.34. The molecule has 28 heavy (non-hydrogen) atoms. The van der Waals surface area contributed by atoms with Crippen LogP contribution in [0.15, 0.2) is 66.8 Å². The number of phenolic OH excluding ortho intramolecular Hbond substituents is 2. The molecule has 2 radical (unpaired) electrons. The summed E-state index contributed by atoms with van der Waals surface area (Å²) in [6.45, 7) is 0. The van der Waals surface area contributed by atoms with Gasteiger partial charge in [0.1, 0.15) is 0 Å². The molecule has 2 N–H and O–H groups in total. The summed E-state index contributed by atoms with van der Waals surface area (Å²) in [5, 5.41) is 20.3. The summed E-state index contributed by atoms with van der Waals surface area (Å²) in [7, 11) is 0. The summed E-state index contributed by atoms with van der Waals surface area (Å²) < 4.78 is 6.93. The molecule has 0 aliphatic carbocycles. The molecule has 0 saturated carbocycles. The van der Waals surface area contributed by atoms with E-state index in [0.717, 1.165) is 21.9 Å². The van der Waals surface area contributed by atoms with E-state index in [-0.39, 0.29) is 17.1 Å². The third-order valence-corrected chi connectivity index (χ3v) is 5.51. The number of ether oxygens (including phenoxy) is 1. The summed E-state index contributed by atoms with van der Waals surface area (Å²) in [5.74, 6) is -0.915. The van der Waals surface area contributed by atoms with E-state index in [4.69, 9.17) is 4.74 Å². The monoisotopic (exact) mass is 482 g/mol. The van der Waals surface area contributed by atoms with Gasteiger partial charge < -0.3 is 0 Å². The van der Waals surface area contributed by atoms with Crippen LogP contribution in [0.3, 0.4) is 0 Å². The second-order valence-corrected chi connectivity index (χ2v) is 8.53. The third kappa shape index (κ3) is 5.35. The predicted molar refractivity (Wildman–Crippen MR) is 111 cm³/mol. The van der Waals surface area contributed by atoms with Crippen molar-refractivity contribution in [1.29, 1.82) is 0 Å². The Balaban J connectivity index is 2.01. The Labute approximate surface area is 177 Å². The van der Waals surface area contributed by atoms with E-state index in [0.29, 0.717) is 18.4 Å².